The Morgan fingerprint density at radius 3 is 2.68 bits per heavy atom. The van der Waals surface area contributed by atoms with Gasteiger partial charge in [-0.3, -0.25) is 9.69 Å². The first kappa shape index (κ1) is 25.1. The maximum Gasteiger partial charge on any atom is 0.410 e. The summed E-state index contributed by atoms with van der Waals surface area (Å²) in [4.78, 5) is 32.9. The van der Waals surface area contributed by atoms with Gasteiger partial charge < -0.3 is 20.1 Å². The van der Waals surface area contributed by atoms with Crippen molar-refractivity contribution in [3.63, 3.8) is 0 Å². The third-order valence-corrected chi connectivity index (χ3v) is 5.82. The summed E-state index contributed by atoms with van der Waals surface area (Å²) in [6.07, 6.45) is 4.78. The molecule has 1 aromatic heterocycles. The van der Waals surface area contributed by atoms with Gasteiger partial charge in [-0.15, -0.1) is 11.3 Å². The molecular weight excluding hydrogens is 484 g/mol. The summed E-state index contributed by atoms with van der Waals surface area (Å²) in [7, 11) is 0. The van der Waals surface area contributed by atoms with Crippen LogP contribution < -0.4 is 5.32 Å². The number of nitrogens with zero attached hydrogens (tertiary/aromatic N) is 3. The second kappa shape index (κ2) is 10.9. The van der Waals surface area contributed by atoms with E-state index in [4.69, 9.17) is 4.74 Å². The number of amides is 2. The molecule has 0 aliphatic carbocycles. The number of ether oxygens (including phenoxy) is 1. The summed E-state index contributed by atoms with van der Waals surface area (Å²) in [6, 6.07) is -0.444. The topological polar surface area (TPSA) is 95.0 Å². The van der Waals surface area contributed by atoms with Crippen LogP contribution in [0.3, 0.4) is 0 Å². The number of halogens is 1. The Morgan fingerprint density at radius 1 is 1.45 bits per heavy atom. The quantitative estimate of drug-likeness (QED) is 0.566. The first-order chi connectivity index (χ1) is 14.6. The Morgan fingerprint density at radius 2 is 2.16 bits per heavy atom. The number of piperazine rings is 1. The molecule has 31 heavy (non-hydrogen) atoms. The van der Waals surface area contributed by atoms with Crippen molar-refractivity contribution in [1.82, 2.24) is 20.1 Å². The van der Waals surface area contributed by atoms with Gasteiger partial charge in [-0.1, -0.05) is 18.7 Å². The fraction of sp³-hybridized carbons (Fsp3) is 0.476. The minimum absolute atomic E-state index is 0.207. The third kappa shape index (κ3) is 6.91. The van der Waals surface area contributed by atoms with E-state index in [-0.39, 0.29) is 12.5 Å². The van der Waals surface area contributed by atoms with E-state index in [1.54, 1.807) is 28.5 Å². The normalized spacial score (nSPS) is 18.1. The summed E-state index contributed by atoms with van der Waals surface area (Å²) in [6.45, 7) is 12.1. The minimum Gasteiger partial charge on any atom is -0.444 e. The molecule has 1 saturated heterocycles. The van der Waals surface area contributed by atoms with Gasteiger partial charge in [-0.05, 0) is 49.7 Å². The van der Waals surface area contributed by atoms with Gasteiger partial charge in [0.25, 0.3) is 5.91 Å². The molecule has 0 radical (unpaired) electrons. The lowest BCUT2D eigenvalue weighted by molar-refractivity contribution is -0.00698. The van der Waals surface area contributed by atoms with Gasteiger partial charge in [0.1, 0.15) is 11.3 Å². The predicted octanol–water partition coefficient (Wildman–Crippen LogP) is 3.52. The largest absolute Gasteiger partial charge is 0.444 e. The second-order valence-corrected chi connectivity index (χ2v) is 10.0. The molecule has 10 heteroatoms. The average Bonchev–Trinajstić information content (AvgIpc) is 3.15. The molecule has 0 bridgehead atoms. The molecule has 2 heterocycles. The number of aromatic nitrogens is 1. The van der Waals surface area contributed by atoms with Gasteiger partial charge in [0, 0.05) is 25.0 Å². The number of hydrogen-bond acceptors (Lipinski definition) is 7. The number of carbonyl (C=O) groups excluding carboxylic acids is 2. The van der Waals surface area contributed by atoms with Crippen molar-refractivity contribution in [2.24, 2.45) is 0 Å². The third-order valence-electron chi connectivity index (χ3n) is 4.46. The highest BCUT2D eigenvalue weighted by Crippen LogP contribution is 2.22. The number of rotatable bonds is 6. The Bertz CT molecular complexity index is 875. The molecule has 2 amide bonds. The fourth-order valence-corrected chi connectivity index (χ4v) is 4.09. The van der Waals surface area contributed by atoms with Crippen molar-refractivity contribution in [2.45, 2.75) is 39.3 Å². The summed E-state index contributed by atoms with van der Waals surface area (Å²) in [5, 5.41) is 14.5. The van der Waals surface area contributed by atoms with Crippen LogP contribution in [0.5, 0.6) is 0 Å². The zero-order chi connectivity index (χ0) is 23.2. The van der Waals surface area contributed by atoms with E-state index in [1.807, 2.05) is 32.6 Å². The standard InChI is InChI=1S/C21H29BrN4O4S/c1-6-8-17(15(7-2)23-18(28)16-13-31-19(22)24-16)25-9-10-26(14(11-25)12-27)20(29)30-21(3,4)5/h6-8,13-14,27H,1,9-12H2,2-5H3,(H,23,28)/b15-7+,17-8+/t14-/m0/s1. The van der Waals surface area contributed by atoms with Crippen LogP contribution in [-0.4, -0.2) is 69.8 Å². The summed E-state index contributed by atoms with van der Waals surface area (Å²) in [5.74, 6) is -0.323. The van der Waals surface area contributed by atoms with Crippen molar-refractivity contribution in [3.05, 3.63) is 51.2 Å². The SMILES string of the molecule is C=C/C=C(\C(=C/C)NC(=O)c1csc(Br)n1)N1CCN(C(=O)OC(C)(C)C)[C@H](CO)C1. The highest BCUT2D eigenvalue weighted by Gasteiger charge is 2.34. The van der Waals surface area contributed by atoms with Crippen molar-refractivity contribution in [1.29, 1.82) is 0 Å². The van der Waals surface area contributed by atoms with Gasteiger partial charge in [0.15, 0.2) is 3.92 Å². The molecule has 1 aromatic rings. The number of aliphatic hydroxyl groups excluding tert-OH is 1. The lowest BCUT2D eigenvalue weighted by Gasteiger charge is -2.43. The van der Waals surface area contributed by atoms with Crippen LogP contribution in [0.25, 0.3) is 0 Å². The van der Waals surface area contributed by atoms with Crippen LogP contribution in [0.4, 0.5) is 4.79 Å². The predicted molar refractivity (Wildman–Crippen MR) is 125 cm³/mol. The van der Waals surface area contributed by atoms with E-state index in [0.717, 1.165) is 5.70 Å². The number of thiazole rings is 1. The molecule has 170 valence electrons. The lowest BCUT2D eigenvalue weighted by Crippen LogP contribution is -2.57. The summed E-state index contributed by atoms with van der Waals surface area (Å²) < 4.78 is 6.10. The molecule has 1 aliphatic heterocycles. The van der Waals surface area contributed by atoms with Crippen LogP contribution in [0.1, 0.15) is 38.2 Å². The number of nitrogens with one attached hydrogen (secondary N) is 1. The molecule has 1 atom stereocenters. The van der Waals surface area contributed by atoms with Gasteiger partial charge in [-0.25, -0.2) is 9.78 Å². The molecule has 2 rings (SSSR count). The van der Waals surface area contributed by atoms with E-state index < -0.39 is 17.7 Å². The lowest BCUT2D eigenvalue weighted by atomic mass is 10.1. The number of allylic oxidation sites excluding steroid dienone is 3. The average molecular weight is 513 g/mol. The van der Waals surface area contributed by atoms with Crippen molar-refractivity contribution in [3.8, 4) is 0 Å². The van der Waals surface area contributed by atoms with Gasteiger partial charge in [0.05, 0.1) is 24.0 Å². The Labute approximate surface area is 195 Å². The fourth-order valence-electron chi connectivity index (χ4n) is 3.10. The summed E-state index contributed by atoms with van der Waals surface area (Å²) >= 11 is 4.59. The first-order valence-electron chi connectivity index (χ1n) is 9.86. The van der Waals surface area contributed by atoms with E-state index >= 15 is 0 Å². The molecular formula is C21H29BrN4O4S. The van der Waals surface area contributed by atoms with Crippen LogP contribution in [0.15, 0.2) is 45.5 Å². The molecule has 0 unspecified atom stereocenters. The van der Waals surface area contributed by atoms with E-state index in [9.17, 15) is 14.7 Å². The van der Waals surface area contributed by atoms with Crippen molar-refractivity contribution in [2.75, 3.05) is 26.2 Å². The van der Waals surface area contributed by atoms with Crippen molar-refractivity contribution >= 4 is 39.3 Å². The summed E-state index contributed by atoms with van der Waals surface area (Å²) in [5.41, 5.74) is 1.03. The van der Waals surface area contributed by atoms with Crippen LogP contribution in [0, 0.1) is 0 Å². The molecule has 2 N–H and O–H groups in total. The second-order valence-electron chi connectivity index (χ2n) is 7.89. The smallest absolute Gasteiger partial charge is 0.410 e. The van der Waals surface area contributed by atoms with E-state index in [1.165, 1.54) is 11.3 Å². The minimum atomic E-state index is -0.616. The number of hydrogen-bond donors (Lipinski definition) is 2. The highest BCUT2D eigenvalue weighted by molar-refractivity contribution is 9.11. The highest BCUT2D eigenvalue weighted by atomic mass is 79.9. The molecule has 0 saturated carbocycles. The van der Waals surface area contributed by atoms with Gasteiger partial charge >= 0.3 is 6.09 Å². The molecule has 0 aromatic carbocycles. The van der Waals surface area contributed by atoms with Crippen molar-refractivity contribution < 1.29 is 19.4 Å². The zero-order valence-electron chi connectivity index (χ0n) is 18.2. The van der Waals surface area contributed by atoms with Gasteiger partial charge in [-0.2, -0.15) is 0 Å². The molecule has 0 spiro atoms. The Kier molecular flexibility index (Phi) is 8.84. The first-order valence-corrected chi connectivity index (χ1v) is 11.5. The number of carbonyl (C=O) groups is 2. The monoisotopic (exact) mass is 512 g/mol. The van der Waals surface area contributed by atoms with E-state index in [0.29, 0.717) is 34.9 Å². The maximum absolute atomic E-state index is 12.6. The Balaban J connectivity index is 2.17. The zero-order valence-corrected chi connectivity index (χ0v) is 20.6. The van der Waals surface area contributed by atoms with Crippen LogP contribution in [-0.2, 0) is 4.74 Å². The molecule has 1 fully saturated rings. The molecule has 1 aliphatic rings. The van der Waals surface area contributed by atoms with E-state index in [2.05, 4.69) is 32.8 Å². The number of aliphatic hydroxyl groups is 1. The van der Waals surface area contributed by atoms with Gasteiger partial charge in [0.2, 0.25) is 0 Å². The van der Waals surface area contributed by atoms with Crippen LogP contribution in [0.2, 0.25) is 0 Å². The molecule has 8 nitrogen and oxygen atoms in total. The Hall–Kier alpha value is -2.17. The maximum atomic E-state index is 12.6. The van der Waals surface area contributed by atoms with Crippen LogP contribution >= 0.6 is 27.3 Å².